The number of benzene rings is 10. The molecule has 0 nitrogen and oxygen atoms in total. The van der Waals surface area contributed by atoms with E-state index in [0.29, 0.717) is 0 Å². The molecule has 0 aliphatic heterocycles. The second-order valence-electron chi connectivity index (χ2n) is 26.6. The summed E-state index contributed by atoms with van der Waals surface area (Å²) in [7, 11) is 0. The van der Waals surface area contributed by atoms with Crippen LogP contribution in [0.3, 0.4) is 0 Å². The van der Waals surface area contributed by atoms with E-state index in [1.165, 1.54) is 223 Å². The van der Waals surface area contributed by atoms with Crippen molar-refractivity contribution in [2.24, 2.45) is 0 Å². The zero-order valence-electron chi connectivity index (χ0n) is 55.1. The SMILES string of the molecule is Cc1cc(C)c2c(c1)Cc1cc(C)c(C)cc1-2.Cc1cc2c(c(C)c1C)-c1cccc(C)c1C2.Cc1cc2c(cc1C)-c1c(C)ccc(C)c1C2.Cc1cc2c(cc1C)-c1c(ccc(C)c1C)C2.Cc1ccc2c(c1)Cc1cc(C)c(C)c(C)c1-2. The van der Waals surface area contributed by atoms with E-state index in [-0.39, 0.29) is 0 Å². The molecule has 5 aliphatic rings. The Bertz CT molecular complexity index is 4390. The Morgan fingerprint density at radius 2 is 0.600 bits per heavy atom. The van der Waals surface area contributed by atoms with Gasteiger partial charge in [0.05, 0.1) is 0 Å². The Hall–Kier alpha value is -7.80. The number of fused-ring (bicyclic) bond motifs is 15. The van der Waals surface area contributed by atoms with Crippen LogP contribution in [-0.4, -0.2) is 0 Å². The molecule has 15 rings (SSSR count). The molecular formula is C85H90. The molecule has 0 saturated heterocycles. The summed E-state index contributed by atoms with van der Waals surface area (Å²) in [6, 6.07) is 46.1. The van der Waals surface area contributed by atoms with Gasteiger partial charge in [0.1, 0.15) is 0 Å². The fourth-order valence-corrected chi connectivity index (χ4v) is 14.9. The molecule has 0 spiro atoms. The van der Waals surface area contributed by atoms with Gasteiger partial charge in [-0.2, -0.15) is 0 Å². The van der Waals surface area contributed by atoms with Gasteiger partial charge in [-0.3, -0.25) is 0 Å². The quantitative estimate of drug-likeness (QED) is 0.142. The van der Waals surface area contributed by atoms with Crippen LogP contribution in [0.15, 0.2) is 121 Å². The van der Waals surface area contributed by atoms with E-state index >= 15 is 0 Å². The Kier molecular flexibility index (Phi) is 15.9. The highest BCUT2D eigenvalue weighted by Crippen LogP contribution is 2.46. The minimum atomic E-state index is 1.10. The van der Waals surface area contributed by atoms with Gasteiger partial charge in [0.2, 0.25) is 0 Å². The van der Waals surface area contributed by atoms with Crippen LogP contribution >= 0.6 is 0 Å². The fraction of sp³-hybridized carbons (Fsp3) is 0.294. The fourth-order valence-electron chi connectivity index (χ4n) is 14.9. The molecule has 10 aromatic rings. The van der Waals surface area contributed by atoms with Crippen molar-refractivity contribution in [3.05, 3.63) is 288 Å². The zero-order chi connectivity index (χ0) is 60.8. The molecule has 0 bridgehead atoms. The van der Waals surface area contributed by atoms with Crippen LogP contribution in [0.5, 0.6) is 0 Å². The molecule has 0 unspecified atom stereocenters. The third-order valence-electron chi connectivity index (χ3n) is 20.7. The highest BCUT2D eigenvalue weighted by Gasteiger charge is 2.27. The third kappa shape index (κ3) is 10.8. The van der Waals surface area contributed by atoms with Crippen LogP contribution in [0.4, 0.5) is 0 Å². The zero-order valence-corrected chi connectivity index (χ0v) is 55.1. The van der Waals surface area contributed by atoms with E-state index in [0.717, 1.165) is 32.1 Å². The van der Waals surface area contributed by atoms with E-state index in [1.807, 2.05) is 0 Å². The van der Waals surface area contributed by atoms with Crippen molar-refractivity contribution >= 4 is 0 Å². The number of aryl methyl sites for hydroxylation is 15. The summed E-state index contributed by atoms with van der Waals surface area (Å²) in [5, 5.41) is 0. The number of hydrogen-bond donors (Lipinski definition) is 0. The average molecular weight is 1110 g/mol. The van der Waals surface area contributed by atoms with E-state index in [9.17, 15) is 0 Å². The van der Waals surface area contributed by atoms with Crippen molar-refractivity contribution in [2.75, 3.05) is 0 Å². The molecule has 0 heterocycles. The largest absolute Gasteiger partial charge is 0.0614 e. The molecule has 0 amide bonds. The van der Waals surface area contributed by atoms with Crippen LogP contribution in [0.2, 0.25) is 0 Å². The molecule has 0 aromatic heterocycles. The Balaban J connectivity index is 0.000000111. The molecule has 0 N–H and O–H groups in total. The average Bonchev–Trinajstić information content (AvgIpc) is 3.07. The van der Waals surface area contributed by atoms with E-state index in [4.69, 9.17) is 0 Å². The first-order chi connectivity index (χ1) is 40.4. The van der Waals surface area contributed by atoms with Crippen molar-refractivity contribution in [3.63, 3.8) is 0 Å². The second kappa shape index (κ2) is 22.9. The summed E-state index contributed by atoms with van der Waals surface area (Å²) in [4.78, 5) is 0. The van der Waals surface area contributed by atoms with Crippen LogP contribution < -0.4 is 0 Å². The van der Waals surface area contributed by atoms with Crippen LogP contribution in [-0.2, 0) is 32.1 Å². The first kappa shape index (κ1) is 59.0. The van der Waals surface area contributed by atoms with Gasteiger partial charge in [0.15, 0.2) is 0 Å². The highest BCUT2D eigenvalue weighted by atomic mass is 14.3. The summed E-state index contributed by atoms with van der Waals surface area (Å²) in [5.41, 5.74) is 58.1. The van der Waals surface area contributed by atoms with Gasteiger partial charge in [0.25, 0.3) is 0 Å². The highest BCUT2D eigenvalue weighted by molar-refractivity contribution is 5.85. The Labute approximate surface area is 511 Å². The normalized spacial score (nSPS) is 12.5. The maximum absolute atomic E-state index is 2.37. The molecule has 10 aromatic carbocycles. The van der Waals surface area contributed by atoms with Gasteiger partial charge in [-0.25, -0.2) is 0 Å². The third-order valence-corrected chi connectivity index (χ3v) is 20.7. The predicted octanol–water partition coefficient (Wildman–Crippen LogP) is 22.5. The Morgan fingerprint density at radius 1 is 0.188 bits per heavy atom. The summed E-state index contributed by atoms with van der Waals surface area (Å²) >= 11 is 0. The van der Waals surface area contributed by atoms with Crippen LogP contribution in [0.1, 0.15) is 167 Å². The van der Waals surface area contributed by atoms with Gasteiger partial charge in [0, 0.05) is 0 Å². The minimum Gasteiger partial charge on any atom is -0.0614 e. The smallest absolute Gasteiger partial charge is 0.00106 e. The van der Waals surface area contributed by atoms with E-state index in [1.54, 1.807) is 0 Å². The predicted molar refractivity (Wildman–Crippen MR) is 368 cm³/mol. The first-order valence-electron chi connectivity index (χ1n) is 31.4. The summed E-state index contributed by atoms with van der Waals surface area (Å²) in [5.74, 6) is 0. The maximum Gasteiger partial charge on any atom is -0.00106 e. The summed E-state index contributed by atoms with van der Waals surface area (Å²) in [6.07, 6.45) is 5.54. The Morgan fingerprint density at radius 3 is 1.20 bits per heavy atom. The summed E-state index contributed by atoms with van der Waals surface area (Å²) < 4.78 is 0. The van der Waals surface area contributed by atoms with Crippen LogP contribution in [0, 0.1) is 138 Å². The lowest BCUT2D eigenvalue weighted by Gasteiger charge is -2.12. The molecular weight excluding hydrogens is 1020 g/mol. The molecule has 85 heavy (non-hydrogen) atoms. The lowest BCUT2D eigenvalue weighted by Crippen LogP contribution is -1.92. The number of hydrogen-bond acceptors (Lipinski definition) is 0. The summed E-state index contributed by atoms with van der Waals surface area (Å²) in [6.45, 7) is 44.4. The maximum atomic E-state index is 2.37. The van der Waals surface area contributed by atoms with Crippen molar-refractivity contribution < 1.29 is 0 Å². The lowest BCUT2D eigenvalue weighted by atomic mass is 9.93. The molecule has 0 saturated carbocycles. The lowest BCUT2D eigenvalue weighted by molar-refractivity contribution is 1.19. The molecule has 0 radical (unpaired) electrons. The van der Waals surface area contributed by atoms with Crippen molar-refractivity contribution in [3.8, 4) is 55.6 Å². The van der Waals surface area contributed by atoms with Crippen molar-refractivity contribution in [1.29, 1.82) is 0 Å². The van der Waals surface area contributed by atoms with Gasteiger partial charge in [-0.1, -0.05) is 132 Å². The van der Waals surface area contributed by atoms with E-state index < -0.39 is 0 Å². The molecule has 0 heteroatoms. The van der Waals surface area contributed by atoms with Crippen molar-refractivity contribution in [2.45, 2.75) is 171 Å². The van der Waals surface area contributed by atoms with Gasteiger partial charge >= 0.3 is 0 Å². The minimum absolute atomic E-state index is 1.10. The monoisotopic (exact) mass is 1110 g/mol. The van der Waals surface area contributed by atoms with E-state index in [2.05, 4.69) is 260 Å². The topological polar surface area (TPSA) is 0 Å². The number of rotatable bonds is 0. The molecule has 430 valence electrons. The molecule has 5 aliphatic carbocycles. The van der Waals surface area contributed by atoms with Crippen LogP contribution in [0.25, 0.3) is 55.6 Å². The van der Waals surface area contributed by atoms with Gasteiger partial charge < -0.3 is 0 Å². The standard InChI is InChI=1S/5C17H18/c1-10-5-13(4)17-15(6-10)9-14-7-11(2)12(3)8-16(14)17;1-10-5-6-14-9-15-7-11(2)12(3)8-16(15)17(14)13(10)4;1-10-5-6-11(2)17-15(10)9-14-7-12(3)13(4)8-16(14)17;1-10-5-6-16-14(7-10)9-15-8-11(2)12(3)13(4)17(15)16;1-10-6-5-7-15-16(10)9-14-8-11(2)12(3)13(4)17(14)15/h5*5-8H,9H2,1-4H3. The molecule has 0 atom stereocenters. The second-order valence-corrected chi connectivity index (χ2v) is 26.6. The molecule has 0 fully saturated rings. The van der Waals surface area contributed by atoms with Gasteiger partial charge in [-0.05, 0) is 382 Å². The van der Waals surface area contributed by atoms with Crippen molar-refractivity contribution in [1.82, 2.24) is 0 Å². The van der Waals surface area contributed by atoms with Gasteiger partial charge in [-0.15, -0.1) is 0 Å². The first-order valence-corrected chi connectivity index (χ1v) is 31.4.